The number of aryl methyl sites for hydroxylation is 1. The zero-order valence-corrected chi connectivity index (χ0v) is 11.2. The average Bonchev–Trinajstić information content (AvgIpc) is 2.34. The van der Waals surface area contributed by atoms with Gasteiger partial charge in [0.25, 0.3) is 0 Å². The van der Waals surface area contributed by atoms with Crippen LogP contribution in [0.1, 0.15) is 17.0 Å². The van der Waals surface area contributed by atoms with Crippen LogP contribution in [-0.4, -0.2) is 9.97 Å². The second-order valence-electron chi connectivity index (χ2n) is 3.88. The summed E-state index contributed by atoms with van der Waals surface area (Å²) in [6, 6.07) is 8.11. The molecule has 2 heterocycles. The highest BCUT2D eigenvalue weighted by molar-refractivity contribution is 9.10. The number of halogens is 1. The molecular weight excluding hydrogens is 278 g/mol. The van der Waals surface area contributed by atoms with Crippen molar-refractivity contribution >= 4 is 15.9 Å². The first-order valence-electron chi connectivity index (χ1n) is 5.47. The topological polar surface area (TPSA) is 37.8 Å². The molecule has 88 valence electrons. The van der Waals surface area contributed by atoms with Gasteiger partial charge in [-0.1, -0.05) is 6.07 Å². The van der Waals surface area contributed by atoms with Crippen LogP contribution in [0.3, 0.4) is 0 Å². The molecule has 0 saturated heterocycles. The van der Waals surface area contributed by atoms with Crippen LogP contribution in [0.25, 0.3) is 0 Å². The predicted octanol–water partition coefficient (Wildman–Crippen LogP) is 2.84. The molecule has 0 aliphatic carbocycles. The van der Waals surface area contributed by atoms with E-state index in [1.54, 1.807) is 0 Å². The van der Waals surface area contributed by atoms with Crippen LogP contribution in [0.4, 0.5) is 0 Å². The molecule has 0 unspecified atom stereocenters. The fourth-order valence-corrected chi connectivity index (χ4v) is 1.68. The summed E-state index contributed by atoms with van der Waals surface area (Å²) in [4.78, 5) is 8.55. The van der Waals surface area contributed by atoms with Gasteiger partial charge in [-0.15, -0.1) is 0 Å². The van der Waals surface area contributed by atoms with Gasteiger partial charge in [0.2, 0.25) is 0 Å². The zero-order chi connectivity index (χ0) is 12.1. The van der Waals surface area contributed by atoms with Crippen molar-refractivity contribution in [3.63, 3.8) is 0 Å². The van der Waals surface area contributed by atoms with Gasteiger partial charge in [0.15, 0.2) is 0 Å². The maximum absolute atomic E-state index is 4.30. The minimum Gasteiger partial charge on any atom is -0.307 e. The molecule has 0 aliphatic heterocycles. The predicted molar refractivity (Wildman–Crippen MR) is 71.5 cm³/mol. The zero-order valence-electron chi connectivity index (χ0n) is 9.65. The molecule has 0 spiro atoms. The molecule has 0 aliphatic rings. The molecular formula is C13H14BrN3. The van der Waals surface area contributed by atoms with Gasteiger partial charge in [0.05, 0.1) is 5.69 Å². The van der Waals surface area contributed by atoms with Crippen molar-refractivity contribution in [3.8, 4) is 0 Å². The van der Waals surface area contributed by atoms with Crippen LogP contribution in [-0.2, 0) is 13.1 Å². The molecule has 0 radical (unpaired) electrons. The highest BCUT2D eigenvalue weighted by Gasteiger charge is 1.96. The van der Waals surface area contributed by atoms with Gasteiger partial charge in [0, 0.05) is 35.6 Å². The average molecular weight is 292 g/mol. The summed E-state index contributed by atoms with van der Waals surface area (Å²) in [6.07, 6.45) is 3.71. The number of rotatable bonds is 4. The smallest absolute Gasteiger partial charge is 0.0542 e. The Hall–Kier alpha value is -1.26. The van der Waals surface area contributed by atoms with E-state index in [1.165, 1.54) is 5.56 Å². The number of nitrogens with zero attached hydrogens (tertiary/aromatic N) is 2. The van der Waals surface area contributed by atoms with E-state index in [9.17, 15) is 0 Å². The van der Waals surface area contributed by atoms with Crippen molar-refractivity contribution in [2.75, 3.05) is 0 Å². The van der Waals surface area contributed by atoms with Gasteiger partial charge in [-0.3, -0.25) is 9.97 Å². The van der Waals surface area contributed by atoms with Crippen LogP contribution in [0.15, 0.2) is 41.1 Å². The highest BCUT2D eigenvalue weighted by Crippen LogP contribution is 2.07. The SMILES string of the molecule is Cc1ccc(CNCc2ccc(Br)cn2)cn1. The first-order valence-corrected chi connectivity index (χ1v) is 6.26. The maximum Gasteiger partial charge on any atom is 0.0542 e. The Bertz CT molecular complexity index is 420. The second-order valence-corrected chi connectivity index (χ2v) is 4.79. The number of nitrogens with one attached hydrogen (secondary N) is 1. The monoisotopic (exact) mass is 291 g/mol. The quantitative estimate of drug-likeness (QED) is 0.941. The van der Waals surface area contributed by atoms with Crippen LogP contribution >= 0.6 is 15.9 Å². The minimum absolute atomic E-state index is 0.765. The van der Waals surface area contributed by atoms with Crippen molar-refractivity contribution < 1.29 is 0 Å². The molecule has 4 heteroatoms. The largest absolute Gasteiger partial charge is 0.307 e. The Balaban J connectivity index is 1.83. The summed E-state index contributed by atoms with van der Waals surface area (Å²) in [7, 11) is 0. The lowest BCUT2D eigenvalue weighted by molar-refractivity contribution is 0.677. The van der Waals surface area contributed by atoms with E-state index in [1.807, 2.05) is 37.5 Å². The van der Waals surface area contributed by atoms with Crippen molar-refractivity contribution in [2.45, 2.75) is 20.0 Å². The first-order chi connectivity index (χ1) is 8.24. The lowest BCUT2D eigenvalue weighted by Crippen LogP contribution is -2.13. The fourth-order valence-electron chi connectivity index (χ4n) is 1.45. The van der Waals surface area contributed by atoms with E-state index >= 15 is 0 Å². The summed E-state index contributed by atoms with van der Waals surface area (Å²) in [5.74, 6) is 0. The molecule has 17 heavy (non-hydrogen) atoms. The molecule has 0 saturated carbocycles. The molecule has 3 nitrogen and oxygen atoms in total. The van der Waals surface area contributed by atoms with E-state index in [4.69, 9.17) is 0 Å². The summed E-state index contributed by atoms with van der Waals surface area (Å²) in [6.45, 7) is 3.56. The third kappa shape index (κ3) is 3.91. The number of hydrogen-bond acceptors (Lipinski definition) is 3. The van der Waals surface area contributed by atoms with Crippen LogP contribution < -0.4 is 5.32 Å². The summed E-state index contributed by atoms with van der Waals surface area (Å²) >= 11 is 3.37. The standard InChI is InChI=1S/C13H14BrN3/c1-10-2-3-11(7-16-10)6-15-9-13-5-4-12(14)8-17-13/h2-5,7-8,15H,6,9H2,1H3. The molecule has 0 atom stereocenters. The van der Waals surface area contributed by atoms with E-state index in [0.717, 1.165) is 29.0 Å². The van der Waals surface area contributed by atoms with E-state index in [-0.39, 0.29) is 0 Å². The van der Waals surface area contributed by atoms with Gasteiger partial charge in [-0.05, 0) is 46.6 Å². The minimum atomic E-state index is 0.765. The van der Waals surface area contributed by atoms with E-state index in [0.29, 0.717) is 0 Å². The lowest BCUT2D eigenvalue weighted by atomic mass is 10.2. The van der Waals surface area contributed by atoms with Crippen molar-refractivity contribution in [1.29, 1.82) is 0 Å². The van der Waals surface area contributed by atoms with Crippen molar-refractivity contribution in [1.82, 2.24) is 15.3 Å². The molecule has 2 aromatic heterocycles. The van der Waals surface area contributed by atoms with Crippen molar-refractivity contribution in [2.24, 2.45) is 0 Å². The number of hydrogen-bond donors (Lipinski definition) is 1. The normalized spacial score (nSPS) is 10.5. The lowest BCUT2D eigenvalue weighted by Gasteiger charge is -2.04. The third-order valence-corrected chi connectivity index (χ3v) is 2.87. The fraction of sp³-hybridized carbons (Fsp3) is 0.231. The van der Waals surface area contributed by atoms with Gasteiger partial charge in [-0.25, -0.2) is 0 Å². The molecule has 2 aromatic rings. The molecule has 0 fully saturated rings. The van der Waals surface area contributed by atoms with Crippen LogP contribution in [0.2, 0.25) is 0 Å². The van der Waals surface area contributed by atoms with Crippen LogP contribution in [0, 0.1) is 6.92 Å². The molecule has 0 aromatic carbocycles. The van der Waals surface area contributed by atoms with Crippen molar-refractivity contribution in [3.05, 3.63) is 58.1 Å². The van der Waals surface area contributed by atoms with Crippen LogP contribution in [0.5, 0.6) is 0 Å². The molecule has 0 bridgehead atoms. The number of aromatic nitrogens is 2. The summed E-state index contributed by atoms with van der Waals surface area (Å²) < 4.78 is 1.00. The molecule has 2 rings (SSSR count). The Morgan fingerprint density at radius 2 is 1.94 bits per heavy atom. The molecule has 0 amide bonds. The Labute approximate surface area is 109 Å². The Kier molecular flexibility index (Phi) is 4.23. The second kappa shape index (κ2) is 5.89. The third-order valence-electron chi connectivity index (χ3n) is 2.40. The summed E-state index contributed by atoms with van der Waals surface area (Å²) in [5, 5.41) is 3.34. The summed E-state index contributed by atoms with van der Waals surface area (Å²) in [5.41, 5.74) is 3.27. The van der Waals surface area contributed by atoms with Gasteiger partial charge in [-0.2, -0.15) is 0 Å². The van der Waals surface area contributed by atoms with Gasteiger partial charge >= 0.3 is 0 Å². The van der Waals surface area contributed by atoms with E-state index in [2.05, 4.69) is 37.3 Å². The Morgan fingerprint density at radius 3 is 2.59 bits per heavy atom. The Morgan fingerprint density at radius 1 is 1.06 bits per heavy atom. The molecule has 1 N–H and O–H groups in total. The first kappa shape index (κ1) is 12.2. The van der Waals surface area contributed by atoms with Gasteiger partial charge < -0.3 is 5.32 Å². The number of pyridine rings is 2. The van der Waals surface area contributed by atoms with Gasteiger partial charge in [0.1, 0.15) is 0 Å². The highest BCUT2D eigenvalue weighted by atomic mass is 79.9. The van der Waals surface area contributed by atoms with E-state index < -0.39 is 0 Å². The maximum atomic E-state index is 4.30.